The summed E-state index contributed by atoms with van der Waals surface area (Å²) in [6.07, 6.45) is 0.971. The predicted molar refractivity (Wildman–Crippen MR) is 136 cm³/mol. The largest absolute Gasteiger partial charge is 0.334 e. The number of carbonyl (C=O) groups is 1. The minimum absolute atomic E-state index is 0.172. The van der Waals surface area contributed by atoms with Crippen LogP contribution in [0.15, 0.2) is 89.1 Å². The molecule has 0 spiro atoms. The molecule has 3 aromatic carbocycles. The van der Waals surface area contributed by atoms with E-state index in [1.54, 1.807) is 17.0 Å². The molecule has 0 bridgehead atoms. The number of carbonyl (C=O) groups excluding carboxylic acids is 1. The second-order valence-corrected chi connectivity index (χ2v) is 8.92. The number of aryl methyl sites for hydroxylation is 1. The first-order valence-corrected chi connectivity index (χ1v) is 11.9. The molecule has 4 aromatic rings. The van der Waals surface area contributed by atoms with Gasteiger partial charge < -0.3 is 9.84 Å². The topological polar surface area (TPSA) is 71.3 Å². The zero-order chi connectivity index (χ0) is 24.4. The Kier molecular flexibility index (Phi) is 6.38. The van der Waals surface area contributed by atoms with Gasteiger partial charge in [-0.3, -0.25) is 4.90 Å². The highest BCUT2D eigenvalue weighted by atomic mass is 35.5. The lowest BCUT2D eigenvalue weighted by molar-refractivity contribution is 0.203. The fraction of sp³-hybridized carbons (Fsp3) is 0.179. The fourth-order valence-electron chi connectivity index (χ4n) is 4.28. The highest BCUT2D eigenvalue weighted by molar-refractivity contribution is 6.30. The van der Waals surface area contributed by atoms with Gasteiger partial charge in [-0.2, -0.15) is 4.98 Å². The van der Waals surface area contributed by atoms with Gasteiger partial charge >= 0.3 is 6.03 Å². The fourth-order valence-corrected chi connectivity index (χ4v) is 4.48. The summed E-state index contributed by atoms with van der Waals surface area (Å²) < 4.78 is 5.74. The first-order chi connectivity index (χ1) is 17.0. The van der Waals surface area contributed by atoms with Crippen molar-refractivity contribution in [2.24, 2.45) is 0 Å². The molecule has 6 nitrogen and oxygen atoms in total. The van der Waals surface area contributed by atoms with E-state index in [1.165, 1.54) is 5.56 Å². The standard InChI is InChI=1S/C28H25ClN4O2/c1-3-19-12-14-20(15-13-19)17-33-18(2)24(25(30-28(33)34)21-8-5-4-6-9-21)27-31-26(32-35-27)22-10-7-11-23(29)16-22/h4-16,25H,3,17H2,1-2H3,(H,30,34). The zero-order valence-electron chi connectivity index (χ0n) is 19.5. The maximum Gasteiger partial charge on any atom is 0.322 e. The molecule has 0 saturated carbocycles. The molecular weight excluding hydrogens is 460 g/mol. The van der Waals surface area contributed by atoms with Crippen LogP contribution in [-0.2, 0) is 13.0 Å². The molecule has 0 saturated heterocycles. The van der Waals surface area contributed by atoms with Gasteiger partial charge in [-0.1, -0.05) is 90.4 Å². The van der Waals surface area contributed by atoms with Gasteiger partial charge in [0.15, 0.2) is 0 Å². The number of aromatic nitrogens is 2. The highest BCUT2D eigenvalue weighted by Gasteiger charge is 2.35. The summed E-state index contributed by atoms with van der Waals surface area (Å²) in [7, 11) is 0. The van der Waals surface area contributed by atoms with E-state index in [2.05, 4.69) is 46.6 Å². The Morgan fingerprint density at radius 3 is 2.46 bits per heavy atom. The van der Waals surface area contributed by atoms with Gasteiger partial charge in [-0.05, 0) is 42.2 Å². The summed E-state index contributed by atoms with van der Waals surface area (Å²) in [5, 5.41) is 7.94. The second kappa shape index (κ2) is 9.76. The number of allylic oxidation sites excluding steroid dienone is 1. The lowest BCUT2D eigenvalue weighted by atomic mass is 9.94. The van der Waals surface area contributed by atoms with Crippen molar-refractivity contribution in [3.63, 3.8) is 0 Å². The molecule has 2 amide bonds. The van der Waals surface area contributed by atoms with Crippen LogP contribution in [0.5, 0.6) is 0 Å². The van der Waals surface area contributed by atoms with Crippen LogP contribution in [0.3, 0.4) is 0 Å². The van der Waals surface area contributed by atoms with Crippen molar-refractivity contribution in [2.45, 2.75) is 32.9 Å². The SMILES string of the molecule is CCc1ccc(CN2C(=O)NC(c3ccccc3)C(c3nc(-c4cccc(Cl)c4)no3)=C2C)cc1. The predicted octanol–water partition coefficient (Wildman–Crippen LogP) is 6.65. The number of nitrogens with one attached hydrogen (secondary N) is 1. The number of halogens is 1. The van der Waals surface area contributed by atoms with Crippen LogP contribution >= 0.6 is 11.6 Å². The minimum atomic E-state index is -0.421. The van der Waals surface area contributed by atoms with Crippen molar-refractivity contribution in [3.05, 3.63) is 112 Å². The maximum atomic E-state index is 13.3. The van der Waals surface area contributed by atoms with E-state index in [0.29, 0.717) is 23.3 Å². The van der Waals surface area contributed by atoms with Gasteiger partial charge in [-0.15, -0.1) is 0 Å². The monoisotopic (exact) mass is 484 g/mol. The van der Waals surface area contributed by atoms with Crippen LogP contribution in [0.4, 0.5) is 4.79 Å². The van der Waals surface area contributed by atoms with Crippen molar-refractivity contribution in [1.29, 1.82) is 0 Å². The number of hydrogen-bond donors (Lipinski definition) is 1. The van der Waals surface area contributed by atoms with Gasteiger partial charge in [0.1, 0.15) is 0 Å². The Hall–Kier alpha value is -3.90. The van der Waals surface area contributed by atoms with Crippen LogP contribution in [0.1, 0.15) is 42.5 Å². The molecule has 1 aliphatic heterocycles. The van der Waals surface area contributed by atoms with Crippen LogP contribution in [-0.4, -0.2) is 21.1 Å². The van der Waals surface area contributed by atoms with E-state index < -0.39 is 6.04 Å². The average molecular weight is 485 g/mol. The second-order valence-electron chi connectivity index (χ2n) is 8.48. The summed E-state index contributed by atoms with van der Waals surface area (Å²) in [5.74, 6) is 0.797. The molecule has 35 heavy (non-hydrogen) atoms. The van der Waals surface area contributed by atoms with Gasteiger partial charge in [0, 0.05) is 16.3 Å². The van der Waals surface area contributed by atoms with E-state index >= 15 is 0 Å². The zero-order valence-corrected chi connectivity index (χ0v) is 20.3. The first-order valence-electron chi connectivity index (χ1n) is 11.5. The highest BCUT2D eigenvalue weighted by Crippen LogP contribution is 2.38. The van der Waals surface area contributed by atoms with Crippen LogP contribution in [0, 0.1) is 0 Å². The molecule has 1 atom stereocenters. The van der Waals surface area contributed by atoms with Crippen LogP contribution < -0.4 is 5.32 Å². The normalized spacial score (nSPS) is 15.9. The Labute approximate surface area is 209 Å². The van der Waals surface area contributed by atoms with Gasteiger partial charge in [0.2, 0.25) is 5.82 Å². The summed E-state index contributed by atoms with van der Waals surface area (Å²) in [5.41, 5.74) is 5.53. The van der Waals surface area contributed by atoms with Crippen molar-refractivity contribution in [1.82, 2.24) is 20.4 Å². The van der Waals surface area contributed by atoms with E-state index in [0.717, 1.165) is 34.4 Å². The summed E-state index contributed by atoms with van der Waals surface area (Å²) in [4.78, 5) is 19.7. The first kappa shape index (κ1) is 22.9. The van der Waals surface area contributed by atoms with Crippen molar-refractivity contribution >= 4 is 23.2 Å². The molecule has 2 heterocycles. The molecule has 1 aromatic heterocycles. The minimum Gasteiger partial charge on any atom is -0.334 e. The molecule has 1 unspecified atom stereocenters. The van der Waals surface area contributed by atoms with E-state index in [-0.39, 0.29) is 6.03 Å². The molecule has 7 heteroatoms. The van der Waals surface area contributed by atoms with E-state index in [4.69, 9.17) is 16.1 Å². The quantitative estimate of drug-likeness (QED) is 0.332. The van der Waals surface area contributed by atoms with Crippen LogP contribution in [0.2, 0.25) is 5.02 Å². The van der Waals surface area contributed by atoms with E-state index in [9.17, 15) is 4.79 Å². The Morgan fingerprint density at radius 1 is 1.00 bits per heavy atom. The Balaban J connectivity index is 1.57. The number of hydrogen-bond acceptors (Lipinski definition) is 4. The van der Waals surface area contributed by atoms with Crippen molar-refractivity contribution in [2.75, 3.05) is 0 Å². The number of urea groups is 1. The molecule has 1 N–H and O–H groups in total. The average Bonchev–Trinajstić information content (AvgIpc) is 3.37. The number of rotatable bonds is 6. The number of benzene rings is 3. The third-order valence-corrected chi connectivity index (χ3v) is 6.48. The number of nitrogens with zero attached hydrogens (tertiary/aromatic N) is 3. The maximum absolute atomic E-state index is 13.3. The molecule has 1 aliphatic rings. The van der Waals surface area contributed by atoms with Crippen molar-refractivity contribution < 1.29 is 9.32 Å². The van der Waals surface area contributed by atoms with Crippen LogP contribution in [0.25, 0.3) is 17.0 Å². The third kappa shape index (κ3) is 4.70. The molecular formula is C28H25ClN4O2. The lowest BCUT2D eigenvalue weighted by Gasteiger charge is -2.35. The summed E-state index contributed by atoms with van der Waals surface area (Å²) >= 11 is 6.16. The Morgan fingerprint density at radius 2 is 1.74 bits per heavy atom. The van der Waals surface area contributed by atoms with Crippen molar-refractivity contribution in [3.8, 4) is 11.4 Å². The number of amides is 2. The molecule has 176 valence electrons. The molecule has 0 radical (unpaired) electrons. The Bertz CT molecular complexity index is 1380. The third-order valence-electron chi connectivity index (χ3n) is 6.24. The molecule has 5 rings (SSSR count). The molecule has 0 fully saturated rings. The van der Waals surface area contributed by atoms with E-state index in [1.807, 2.05) is 49.4 Å². The van der Waals surface area contributed by atoms with Gasteiger partial charge in [0.05, 0.1) is 18.2 Å². The lowest BCUT2D eigenvalue weighted by Crippen LogP contribution is -2.45. The summed E-state index contributed by atoms with van der Waals surface area (Å²) in [6.45, 7) is 4.48. The van der Waals surface area contributed by atoms with Gasteiger partial charge in [-0.25, -0.2) is 4.79 Å². The summed E-state index contributed by atoms with van der Waals surface area (Å²) in [6, 6.07) is 24.8. The van der Waals surface area contributed by atoms with Gasteiger partial charge in [0.25, 0.3) is 5.89 Å². The smallest absolute Gasteiger partial charge is 0.322 e. The molecule has 0 aliphatic carbocycles.